The number of nitrogens with one attached hydrogen (secondary N) is 1. The van der Waals surface area contributed by atoms with Crippen LogP contribution < -0.4 is 5.23 Å². The van der Waals surface area contributed by atoms with Crippen molar-refractivity contribution in [2.75, 3.05) is 0 Å². The average molecular weight is 306 g/mol. The fourth-order valence-corrected chi connectivity index (χ4v) is 2.75. The SMILES string of the molecule is CC/C(C)=C(/CC)C(C)(CC)C(=O)[B]NC(C)(CC)C(C)=O. The Morgan fingerprint density at radius 3 is 1.82 bits per heavy atom. The molecule has 0 spiro atoms. The molecule has 125 valence electrons. The van der Waals surface area contributed by atoms with Gasteiger partial charge in [-0.15, -0.1) is 0 Å². The smallest absolute Gasteiger partial charge is 0.297 e. The molecule has 0 aromatic heterocycles. The Labute approximate surface area is 137 Å². The van der Waals surface area contributed by atoms with Gasteiger partial charge in [0.2, 0.25) is 0 Å². The van der Waals surface area contributed by atoms with E-state index >= 15 is 0 Å². The van der Waals surface area contributed by atoms with Crippen LogP contribution in [0.15, 0.2) is 11.1 Å². The van der Waals surface area contributed by atoms with Gasteiger partial charge in [-0.25, -0.2) is 0 Å². The van der Waals surface area contributed by atoms with Gasteiger partial charge in [-0.3, -0.25) is 4.79 Å². The molecule has 0 heterocycles. The monoisotopic (exact) mass is 306 g/mol. The van der Waals surface area contributed by atoms with Gasteiger partial charge in [0, 0.05) is 5.41 Å². The number of carbonyl (C=O) groups excluding carboxylic acids is 2. The predicted molar refractivity (Wildman–Crippen MR) is 95.0 cm³/mol. The molecule has 0 bridgehead atoms. The molecule has 0 fully saturated rings. The van der Waals surface area contributed by atoms with Crippen LogP contribution in [0.25, 0.3) is 0 Å². The minimum atomic E-state index is -0.666. The third-order valence-corrected chi connectivity index (χ3v) is 5.32. The van der Waals surface area contributed by atoms with Crippen LogP contribution in [0.3, 0.4) is 0 Å². The zero-order chi connectivity index (χ0) is 17.6. The molecule has 0 rings (SSSR count). The lowest BCUT2D eigenvalue weighted by atomic mass is 9.62. The Hall–Kier alpha value is -0.895. The van der Waals surface area contributed by atoms with Crippen molar-refractivity contribution >= 4 is 18.9 Å². The quantitative estimate of drug-likeness (QED) is 0.489. The second-order valence-electron chi connectivity index (χ2n) is 6.55. The maximum Gasteiger partial charge on any atom is 0.297 e. The number of carbonyl (C=O) groups is 2. The maximum absolute atomic E-state index is 12.8. The third kappa shape index (κ3) is 4.55. The molecular weight excluding hydrogens is 273 g/mol. The zero-order valence-electron chi connectivity index (χ0n) is 15.7. The van der Waals surface area contributed by atoms with Crippen LogP contribution in [0.4, 0.5) is 0 Å². The predicted octanol–water partition coefficient (Wildman–Crippen LogP) is 4.03. The second kappa shape index (κ2) is 8.66. The van der Waals surface area contributed by atoms with Crippen LogP contribution in [-0.4, -0.2) is 24.4 Å². The van der Waals surface area contributed by atoms with Crippen molar-refractivity contribution < 1.29 is 9.59 Å². The standard InChI is InChI=1S/C18H33BNO2/c1-9-13(5)15(10-2)17(7,11-3)16(22)19-20-18(8,12-4)14(6)21/h20H,9-12H2,1-8H3/b15-13-. The van der Waals surface area contributed by atoms with Gasteiger partial charge in [0.25, 0.3) is 7.41 Å². The Balaban J connectivity index is 5.34. The molecule has 1 radical (unpaired) electrons. The molecule has 0 aliphatic carbocycles. The van der Waals surface area contributed by atoms with Gasteiger partial charge in [0.1, 0.15) is 11.5 Å². The molecule has 4 heteroatoms. The number of hydrogen-bond donors (Lipinski definition) is 1. The first-order valence-corrected chi connectivity index (χ1v) is 8.48. The first-order valence-electron chi connectivity index (χ1n) is 8.48. The lowest BCUT2D eigenvalue weighted by Gasteiger charge is -2.33. The van der Waals surface area contributed by atoms with Crippen LogP contribution in [-0.2, 0) is 9.59 Å². The molecule has 0 aliphatic heterocycles. The van der Waals surface area contributed by atoms with Crippen LogP contribution >= 0.6 is 0 Å². The Morgan fingerprint density at radius 2 is 1.50 bits per heavy atom. The fraction of sp³-hybridized carbons (Fsp3) is 0.778. The van der Waals surface area contributed by atoms with E-state index < -0.39 is 11.0 Å². The van der Waals surface area contributed by atoms with Gasteiger partial charge >= 0.3 is 0 Å². The Kier molecular flexibility index (Phi) is 8.31. The molecule has 0 aliphatic rings. The summed E-state index contributed by atoms with van der Waals surface area (Å²) in [6.45, 7) is 15.8. The minimum absolute atomic E-state index is 0.0493. The highest BCUT2D eigenvalue weighted by atomic mass is 16.1. The molecule has 2 unspecified atom stereocenters. The van der Waals surface area contributed by atoms with Gasteiger partial charge in [-0.1, -0.05) is 38.8 Å². The lowest BCUT2D eigenvalue weighted by Crippen LogP contribution is -2.53. The third-order valence-electron chi connectivity index (χ3n) is 5.32. The summed E-state index contributed by atoms with van der Waals surface area (Å²) in [7, 11) is 1.52. The van der Waals surface area contributed by atoms with Crippen molar-refractivity contribution in [2.45, 2.75) is 86.6 Å². The molecule has 0 saturated heterocycles. The van der Waals surface area contributed by atoms with Gasteiger partial charge in [-0.05, 0) is 53.4 Å². The maximum atomic E-state index is 12.8. The van der Waals surface area contributed by atoms with E-state index in [-0.39, 0.29) is 11.5 Å². The first kappa shape index (κ1) is 21.1. The topological polar surface area (TPSA) is 46.2 Å². The molecule has 1 N–H and O–H groups in total. The number of allylic oxidation sites excluding steroid dienone is 2. The van der Waals surface area contributed by atoms with Crippen molar-refractivity contribution in [2.24, 2.45) is 5.41 Å². The van der Waals surface area contributed by atoms with E-state index in [1.54, 1.807) is 6.92 Å². The van der Waals surface area contributed by atoms with Gasteiger partial charge in [-0.2, -0.15) is 0 Å². The summed E-state index contributed by atoms with van der Waals surface area (Å²) < 4.78 is 0. The summed E-state index contributed by atoms with van der Waals surface area (Å²) in [5.41, 5.74) is 1.41. The molecule has 3 nitrogen and oxygen atoms in total. The molecule has 0 saturated carbocycles. The molecule has 2 atom stereocenters. The lowest BCUT2D eigenvalue weighted by molar-refractivity contribution is -0.122. The van der Waals surface area contributed by atoms with E-state index in [4.69, 9.17) is 0 Å². The summed E-state index contributed by atoms with van der Waals surface area (Å²) in [6.07, 6.45) is 3.24. The van der Waals surface area contributed by atoms with Gasteiger partial charge in [0.05, 0.1) is 5.54 Å². The van der Waals surface area contributed by atoms with Crippen molar-refractivity contribution in [1.29, 1.82) is 0 Å². The van der Waals surface area contributed by atoms with E-state index in [2.05, 4.69) is 26.0 Å². The number of hydrogen-bond acceptors (Lipinski definition) is 3. The summed E-state index contributed by atoms with van der Waals surface area (Å²) in [4.78, 5) is 24.6. The Morgan fingerprint density at radius 1 is 0.955 bits per heavy atom. The number of rotatable bonds is 10. The Bertz CT molecular complexity index is 444. The van der Waals surface area contributed by atoms with Crippen molar-refractivity contribution in [3.63, 3.8) is 0 Å². The first-order chi connectivity index (χ1) is 10.1. The fourth-order valence-electron chi connectivity index (χ4n) is 2.75. The largest absolute Gasteiger partial charge is 0.342 e. The molecule has 0 aromatic rings. The summed E-state index contributed by atoms with van der Waals surface area (Å²) >= 11 is 0. The summed E-state index contributed by atoms with van der Waals surface area (Å²) in [5.74, 6) is 0.0493. The van der Waals surface area contributed by atoms with E-state index in [0.29, 0.717) is 6.42 Å². The summed E-state index contributed by atoms with van der Waals surface area (Å²) in [5, 5.41) is 3.07. The van der Waals surface area contributed by atoms with Crippen molar-refractivity contribution in [3.05, 3.63) is 11.1 Å². The highest BCUT2D eigenvalue weighted by Crippen LogP contribution is 2.36. The van der Waals surface area contributed by atoms with Gasteiger partial charge < -0.3 is 10.0 Å². The van der Waals surface area contributed by atoms with E-state index in [1.807, 2.05) is 27.7 Å². The van der Waals surface area contributed by atoms with Crippen LogP contribution in [0.2, 0.25) is 0 Å². The van der Waals surface area contributed by atoms with Crippen LogP contribution in [0, 0.1) is 5.41 Å². The summed E-state index contributed by atoms with van der Waals surface area (Å²) in [6, 6.07) is 0. The van der Waals surface area contributed by atoms with Crippen LogP contribution in [0.1, 0.15) is 81.1 Å². The van der Waals surface area contributed by atoms with E-state index in [1.165, 1.54) is 18.6 Å². The number of ketones is 1. The van der Waals surface area contributed by atoms with E-state index in [0.717, 1.165) is 19.3 Å². The average Bonchev–Trinajstić information content (AvgIpc) is 2.51. The zero-order valence-corrected chi connectivity index (χ0v) is 15.7. The minimum Gasteiger partial charge on any atom is -0.342 e. The highest BCUT2D eigenvalue weighted by Gasteiger charge is 2.37. The normalized spacial score (nSPS) is 18.0. The van der Waals surface area contributed by atoms with Crippen molar-refractivity contribution in [3.8, 4) is 0 Å². The number of Topliss-reactive ketones (excluding diaryl/α,β-unsaturated/α-hetero) is 1. The molecular formula is C18H33BNO2. The van der Waals surface area contributed by atoms with E-state index in [9.17, 15) is 9.59 Å². The second-order valence-corrected chi connectivity index (χ2v) is 6.55. The molecule has 0 amide bonds. The van der Waals surface area contributed by atoms with Crippen molar-refractivity contribution in [1.82, 2.24) is 5.23 Å². The van der Waals surface area contributed by atoms with Crippen LogP contribution in [0.5, 0.6) is 0 Å². The van der Waals surface area contributed by atoms with Gasteiger partial charge in [0.15, 0.2) is 0 Å². The molecule has 0 aromatic carbocycles. The highest BCUT2D eigenvalue weighted by molar-refractivity contribution is 6.73. The molecule has 22 heavy (non-hydrogen) atoms.